The van der Waals surface area contributed by atoms with Crippen molar-refractivity contribution in [1.29, 1.82) is 0 Å². The van der Waals surface area contributed by atoms with Crippen molar-refractivity contribution in [3.63, 3.8) is 0 Å². The van der Waals surface area contributed by atoms with Crippen LogP contribution in [0.3, 0.4) is 0 Å². The van der Waals surface area contributed by atoms with Crippen molar-refractivity contribution in [2.45, 2.75) is 39.2 Å². The predicted octanol–water partition coefficient (Wildman–Crippen LogP) is 1.21. The van der Waals surface area contributed by atoms with Gasteiger partial charge in [0.25, 0.3) is 0 Å². The summed E-state index contributed by atoms with van der Waals surface area (Å²) in [6.45, 7) is 3.88. The Labute approximate surface area is 107 Å². The Morgan fingerprint density at radius 2 is 2.28 bits per heavy atom. The maximum atomic E-state index is 11.9. The van der Waals surface area contributed by atoms with E-state index in [1.165, 1.54) is 0 Å². The second-order valence-corrected chi connectivity index (χ2v) is 5.29. The number of carbonyl (C=O) groups excluding carboxylic acids is 1. The summed E-state index contributed by atoms with van der Waals surface area (Å²) in [5.74, 6) is -0.0230. The normalized spacial score (nSPS) is 18.2. The number of rotatable bonds is 5. The topological polar surface area (TPSA) is 62.2 Å². The molecule has 0 saturated heterocycles. The summed E-state index contributed by atoms with van der Waals surface area (Å²) < 4.78 is 0. The van der Waals surface area contributed by atoms with Gasteiger partial charge in [-0.2, -0.15) is 0 Å². The van der Waals surface area contributed by atoms with Gasteiger partial charge in [0.1, 0.15) is 0 Å². The van der Waals surface area contributed by atoms with Crippen LogP contribution in [-0.4, -0.2) is 28.6 Å². The predicted molar refractivity (Wildman–Crippen MR) is 69.0 cm³/mol. The molecule has 0 aromatic carbocycles. The first kappa shape index (κ1) is 13.0. The molecular weight excluding hydrogens is 228 g/mol. The lowest BCUT2D eigenvalue weighted by atomic mass is 10.1. The van der Waals surface area contributed by atoms with Gasteiger partial charge < -0.3 is 10.4 Å². The number of aromatic nitrogens is 1. The van der Waals surface area contributed by atoms with Crippen molar-refractivity contribution in [3.05, 3.63) is 29.6 Å². The van der Waals surface area contributed by atoms with E-state index in [-0.39, 0.29) is 18.6 Å². The first-order chi connectivity index (χ1) is 8.55. The fraction of sp³-hybridized carbons (Fsp3) is 0.571. The summed E-state index contributed by atoms with van der Waals surface area (Å²) in [4.78, 5) is 16.4. The van der Waals surface area contributed by atoms with Crippen molar-refractivity contribution < 1.29 is 9.90 Å². The van der Waals surface area contributed by atoms with Crippen LogP contribution in [0.5, 0.6) is 0 Å². The van der Waals surface area contributed by atoms with Crippen LogP contribution in [0, 0.1) is 12.3 Å². The van der Waals surface area contributed by atoms with E-state index in [4.69, 9.17) is 0 Å². The third-order valence-electron chi connectivity index (χ3n) is 3.48. The Morgan fingerprint density at radius 1 is 1.56 bits per heavy atom. The molecule has 0 unspecified atom stereocenters. The molecule has 1 aromatic heterocycles. The summed E-state index contributed by atoms with van der Waals surface area (Å²) in [5.41, 5.74) is 1.48. The monoisotopic (exact) mass is 248 g/mol. The van der Waals surface area contributed by atoms with E-state index in [1.54, 1.807) is 0 Å². The fourth-order valence-corrected chi connectivity index (χ4v) is 2.06. The molecule has 0 bridgehead atoms. The molecule has 1 aromatic rings. The van der Waals surface area contributed by atoms with Crippen molar-refractivity contribution in [2.24, 2.45) is 5.41 Å². The van der Waals surface area contributed by atoms with E-state index >= 15 is 0 Å². The lowest BCUT2D eigenvalue weighted by Crippen LogP contribution is -2.40. The van der Waals surface area contributed by atoms with E-state index in [0.717, 1.165) is 30.7 Å². The van der Waals surface area contributed by atoms with Gasteiger partial charge in [0, 0.05) is 23.9 Å². The van der Waals surface area contributed by atoms with Crippen LogP contribution in [0.2, 0.25) is 0 Å². The first-order valence-corrected chi connectivity index (χ1v) is 6.40. The largest absolute Gasteiger partial charge is 0.395 e. The maximum Gasteiger partial charge on any atom is 0.228 e. The van der Waals surface area contributed by atoms with E-state index in [2.05, 4.69) is 10.3 Å². The fourth-order valence-electron chi connectivity index (χ4n) is 2.06. The van der Waals surface area contributed by atoms with E-state index in [1.807, 2.05) is 32.0 Å². The van der Waals surface area contributed by atoms with Gasteiger partial charge in [-0.3, -0.25) is 9.78 Å². The zero-order valence-electron chi connectivity index (χ0n) is 10.9. The molecule has 0 radical (unpaired) electrons. The zero-order valence-corrected chi connectivity index (χ0v) is 10.9. The summed E-state index contributed by atoms with van der Waals surface area (Å²) >= 11 is 0. The highest BCUT2D eigenvalue weighted by atomic mass is 16.3. The summed E-state index contributed by atoms with van der Waals surface area (Å²) in [5, 5.41) is 12.2. The van der Waals surface area contributed by atoms with Gasteiger partial charge in [-0.05, 0) is 38.8 Å². The lowest BCUT2D eigenvalue weighted by Gasteiger charge is -2.18. The third-order valence-corrected chi connectivity index (χ3v) is 3.48. The molecule has 1 amide bonds. The standard InChI is InChI=1S/C14H20N2O2/c1-10-4-3-5-12(15-10)8-11(2)16-13(18)14(9-17)6-7-14/h3-5,11,17H,6-9H2,1-2H3,(H,16,18)/t11-/m1/s1. The number of aryl methyl sites for hydroxylation is 1. The number of hydrogen-bond donors (Lipinski definition) is 2. The van der Waals surface area contributed by atoms with Crippen molar-refractivity contribution >= 4 is 5.91 Å². The van der Waals surface area contributed by atoms with Crippen LogP contribution in [0.4, 0.5) is 0 Å². The maximum absolute atomic E-state index is 11.9. The van der Waals surface area contributed by atoms with Gasteiger partial charge in [0.15, 0.2) is 0 Å². The molecule has 2 N–H and O–H groups in total. The van der Waals surface area contributed by atoms with E-state index < -0.39 is 5.41 Å². The van der Waals surface area contributed by atoms with E-state index in [0.29, 0.717) is 0 Å². The quantitative estimate of drug-likeness (QED) is 0.823. The second kappa shape index (κ2) is 5.06. The minimum atomic E-state index is -0.492. The lowest BCUT2D eigenvalue weighted by molar-refractivity contribution is -0.128. The van der Waals surface area contributed by atoms with Crippen LogP contribution in [0.1, 0.15) is 31.2 Å². The van der Waals surface area contributed by atoms with Gasteiger partial charge in [-0.1, -0.05) is 6.07 Å². The number of nitrogens with zero attached hydrogens (tertiary/aromatic N) is 1. The number of aliphatic hydroxyl groups is 1. The van der Waals surface area contributed by atoms with Crippen LogP contribution in [0.25, 0.3) is 0 Å². The molecule has 1 aliphatic carbocycles. The van der Waals surface area contributed by atoms with Crippen LogP contribution < -0.4 is 5.32 Å². The Bertz CT molecular complexity index is 441. The van der Waals surface area contributed by atoms with Gasteiger partial charge in [0.05, 0.1) is 12.0 Å². The molecule has 1 atom stereocenters. The average Bonchev–Trinajstić information content (AvgIpc) is 3.09. The molecule has 0 aliphatic heterocycles. The average molecular weight is 248 g/mol. The van der Waals surface area contributed by atoms with Gasteiger partial charge >= 0.3 is 0 Å². The summed E-state index contributed by atoms with van der Waals surface area (Å²) in [6, 6.07) is 5.94. The Morgan fingerprint density at radius 3 is 2.83 bits per heavy atom. The highest BCUT2D eigenvalue weighted by Crippen LogP contribution is 2.45. The SMILES string of the molecule is Cc1cccc(C[C@@H](C)NC(=O)C2(CO)CC2)n1. The number of aliphatic hydroxyl groups excluding tert-OH is 1. The second-order valence-electron chi connectivity index (χ2n) is 5.29. The number of hydrogen-bond acceptors (Lipinski definition) is 3. The molecule has 1 fully saturated rings. The first-order valence-electron chi connectivity index (χ1n) is 6.40. The van der Waals surface area contributed by atoms with E-state index in [9.17, 15) is 9.90 Å². The Balaban J connectivity index is 1.89. The van der Waals surface area contributed by atoms with Gasteiger partial charge in [-0.15, -0.1) is 0 Å². The minimum absolute atomic E-state index is 0.0230. The number of carbonyl (C=O) groups is 1. The smallest absolute Gasteiger partial charge is 0.228 e. The number of pyridine rings is 1. The molecule has 1 saturated carbocycles. The van der Waals surface area contributed by atoms with Crippen molar-refractivity contribution in [2.75, 3.05) is 6.61 Å². The summed E-state index contributed by atoms with van der Waals surface area (Å²) in [6.07, 6.45) is 2.31. The van der Waals surface area contributed by atoms with Crippen LogP contribution in [0.15, 0.2) is 18.2 Å². The van der Waals surface area contributed by atoms with Crippen LogP contribution in [-0.2, 0) is 11.2 Å². The van der Waals surface area contributed by atoms with Crippen LogP contribution >= 0.6 is 0 Å². The molecule has 98 valence electrons. The third kappa shape index (κ3) is 2.88. The molecule has 1 heterocycles. The van der Waals surface area contributed by atoms with Crippen molar-refractivity contribution in [3.8, 4) is 0 Å². The molecular formula is C14H20N2O2. The highest BCUT2D eigenvalue weighted by Gasteiger charge is 2.49. The molecule has 4 nitrogen and oxygen atoms in total. The van der Waals surface area contributed by atoms with Gasteiger partial charge in [0.2, 0.25) is 5.91 Å². The van der Waals surface area contributed by atoms with Crippen molar-refractivity contribution in [1.82, 2.24) is 10.3 Å². The molecule has 0 spiro atoms. The highest BCUT2D eigenvalue weighted by molar-refractivity contribution is 5.85. The summed E-state index contributed by atoms with van der Waals surface area (Å²) in [7, 11) is 0. The van der Waals surface area contributed by atoms with Gasteiger partial charge in [-0.25, -0.2) is 0 Å². The molecule has 4 heteroatoms. The number of amides is 1. The number of nitrogens with one attached hydrogen (secondary N) is 1. The molecule has 2 rings (SSSR count). The zero-order chi connectivity index (χ0) is 13.2. The Kier molecular flexibility index (Phi) is 3.66. The molecule has 1 aliphatic rings. The molecule has 18 heavy (non-hydrogen) atoms. The Hall–Kier alpha value is -1.42. The minimum Gasteiger partial charge on any atom is -0.395 e.